The first-order chi connectivity index (χ1) is 13.2. The molecule has 4 nitrogen and oxygen atoms in total. The molecule has 0 heterocycles. The van der Waals surface area contributed by atoms with E-state index in [4.69, 9.17) is 4.74 Å². The van der Waals surface area contributed by atoms with E-state index in [1.165, 1.54) is 11.1 Å². The first kappa shape index (κ1) is 20.1. The number of hydrogen-bond acceptors (Lipinski definition) is 3. The Morgan fingerprint density at radius 2 is 1.79 bits per heavy atom. The van der Waals surface area contributed by atoms with Gasteiger partial charge < -0.3 is 10.1 Å². The fraction of sp³-hybridized carbons (Fsp3) is 0.417. The molecule has 2 atom stereocenters. The van der Waals surface area contributed by atoms with Crippen molar-refractivity contribution in [1.29, 1.82) is 0 Å². The van der Waals surface area contributed by atoms with Gasteiger partial charge in [0.05, 0.1) is 13.7 Å². The van der Waals surface area contributed by atoms with E-state index >= 15 is 0 Å². The molecule has 4 heteroatoms. The quantitative estimate of drug-likeness (QED) is 0.757. The highest BCUT2D eigenvalue weighted by molar-refractivity contribution is 6.01. The molecule has 3 rings (SSSR count). The monoisotopic (exact) mass is 379 g/mol. The molecule has 2 aromatic rings. The van der Waals surface area contributed by atoms with E-state index in [-0.39, 0.29) is 35.5 Å². The second-order valence-corrected chi connectivity index (χ2v) is 8.64. The summed E-state index contributed by atoms with van der Waals surface area (Å²) >= 11 is 0. The lowest BCUT2D eigenvalue weighted by Gasteiger charge is -2.19. The summed E-state index contributed by atoms with van der Waals surface area (Å²) in [5, 5.41) is 2.81. The number of carbonyl (C=O) groups excluding carboxylic acids is 2. The Kier molecular flexibility index (Phi) is 5.59. The highest BCUT2D eigenvalue weighted by atomic mass is 16.5. The lowest BCUT2D eigenvalue weighted by atomic mass is 9.86. The fourth-order valence-corrected chi connectivity index (χ4v) is 3.51. The predicted molar refractivity (Wildman–Crippen MR) is 111 cm³/mol. The lowest BCUT2D eigenvalue weighted by Crippen LogP contribution is -2.31. The van der Waals surface area contributed by atoms with Crippen molar-refractivity contribution in [3.05, 3.63) is 64.7 Å². The van der Waals surface area contributed by atoms with Crippen LogP contribution in [0.15, 0.2) is 42.5 Å². The Bertz CT molecular complexity index is 878. The van der Waals surface area contributed by atoms with Crippen LogP contribution in [0, 0.1) is 12.8 Å². The molecule has 1 fully saturated rings. The number of ketones is 1. The van der Waals surface area contributed by atoms with E-state index in [1.54, 1.807) is 13.2 Å². The molecule has 0 aromatic heterocycles. The van der Waals surface area contributed by atoms with Crippen molar-refractivity contribution in [3.63, 3.8) is 0 Å². The molecule has 148 valence electrons. The number of hydrogen-bond donors (Lipinski definition) is 1. The van der Waals surface area contributed by atoms with E-state index in [2.05, 4.69) is 50.4 Å². The number of Topliss-reactive ketones (excluding diaryl/α,β-unsaturated/α-hetero) is 1. The zero-order valence-corrected chi connectivity index (χ0v) is 17.3. The van der Waals surface area contributed by atoms with Crippen LogP contribution >= 0.6 is 0 Å². The summed E-state index contributed by atoms with van der Waals surface area (Å²) in [4.78, 5) is 25.0. The minimum absolute atomic E-state index is 0.0129. The van der Waals surface area contributed by atoms with E-state index < -0.39 is 0 Å². The van der Waals surface area contributed by atoms with Crippen LogP contribution in [0.5, 0.6) is 5.75 Å². The Balaban J connectivity index is 1.56. The smallest absolute Gasteiger partial charge is 0.224 e. The molecule has 0 aliphatic heterocycles. The zero-order chi connectivity index (χ0) is 20.5. The fourth-order valence-electron chi connectivity index (χ4n) is 3.51. The first-order valence-corrected chi connectivity index (χ1v) is 9.76. The van der Waals surface area contributed by atoms with Gasteiger partial charge >= 0.3 is 0 Å². The van der Waals surface area contributed by atoms with Crippen molar-refractivity contribution in [1.82, 2.24) is 5.32 Å². The van der Waals surface area contributed by atoms with Crippen LogP contribution in [0.4, 0.5) is 0 Å². The standard InChI is InChI=1S/C24H29NO3/c1-15-6-11-18(28-5)12-19(15)22(26)14-25-23(27)21-13-20(21)16-7-9-17(10-8-16)24(2,3)4/h6-12,20-21H,13-14H2,1-5H3,(H,25,27). The van der Waals surface area contributed by atoms with Crippen LogP contribution in [0.2, 0.25) is 0 Å². The third-order valence-electron chi connectivity index (χ3n) is 5.50. The van der Waals surface area contributed by atoms with Gasteiger partial charge in [-0.25, -0.2) is 0 Å². The Hall–Kier alpha value is -2.62. The normalized spacial score (nSPS) is 18.5. The molecule has 0 spiro atoms. The van der Waals surface area contributed by atoms with Crippen molar-refractivity contribution >= 4 is 11.7 Å². The van der Waals surface area contributed by atoms with Gasteiger partial charge in [-0.15, -0.1) is 0 Å². The second kappa shape index (κ2) is 7.78. The molecule has 1 aliphatic rings. The van der Waals surface area contributed by atoms with Gasteiger partial charge in [0.15, 0.2) is 5.78 Å². The minimum Gasteiger partial charge on any atom is -0.497 e. The molecule has 1 amide bonds. The first-order valence-electron chi connectivity index (χ1n) is 9.76. The van der Waals surface area contributed by atoms with Crippen molar-refractivity contribution in [2.75, 3.05) is 13.7 Å². The van der Waals surface area contributed by atoms with E-state index in [0.717, 1.165) is 12.0 Å². The summed E-state index contributed by atoms with van der Waals surface area (Å²) in [6.07, 6.45) is 0.840. The zero-order valence-electron chi connectivity index (χ0n) is 17.3. The molecule has 0 radical (unpaired) electrons. The topological polar surface area (TPSA) is 55.4 Å². The van der Waals surface area contributed by atoms with Gasteiger partial charge in [0, 0.05) is 11.5 Å². The van der Waals surface area contributed by atoms with Crippen LogP contribution in [0.3, 0.4) is 0 Å². The summed E-state index contributed by atoms with van der Waals surface area (Å²) < 4.78 is 5.19. The molecular weight excluding hydrogens is 350 g/mol. The van der Waals surface area contributed by atoms with Crippen LogP contribution in [0.1, 0.15) is 60.2 Å². The SMILES string of the molecule is COc1ccc(C)c(C(=O)CNC(=O)C2CC2c2ccc(C(C)(C)C)cc2)c1. The Morgan fingerprint density at radius 1 is 1.11 bits per heavy atom. The van der Waals surface area contributed by atoms with Crippen molar-refractivity contribution in [2.24, 2.45) is 5.92 Å². The van der Waals surface area contributed by atoms with Crippen LogP contribution < -0.4 is 10.1 Å². The van der Waals surface area contributed by atoms with E-state index in [0.29, 0.717) is 11.3 Å². The van der Waals surface area contributed by atoms with Crippen molar-refractivity contribution in [3.8, 4) is 5.75 Å². The average molecular weight is 380 g/mol. The Morgan fingerprint density at radius 3 is 2.39 bits per heavy atom. The van der Waals surface area contributed by atoms with Crippen molar-refractivity contribution in [2.45, 2.75) is 45.4 Å². The van der Waals surface area contributed by atoms with Gasteiger partial charge in [0.1, 0.15) is 5.75 Å². The average Bonchev–Trinajstić information content (AvgIpc) is 3.46. The molecule has 1 N–H and O–H groups in total. The highest BCUT2D eigenvalue weighted by Gasteiger charge is 2.43. The third kappa shape index (κ3) is 4.44. The number of nitrogens with one attached hydrogen (secondary N) is 1. The Labute approximate surface area is 167 Å². The molecule has 2 aromatic carbocycles. The summed E-state index contributed by atoms with van der Waals surface area (Å²) in [7, 11) is 1.57. The van der Waals surface area contributed by atoms with Gasteiger partial charge in [-0.05, 0) is 53.5 Å². The molecule has 28 heavy (non-hydrogen) atoms. The summed E-state index contributed by atoms with van der Waals surface area (Å²) in [5.74, 6) is 0.707. The van der Waals surface area contributed by atoms with E-state index in [9.17, 15) is 9.59 Å². The van der Waals surface area contributed by atoms with Crippen molar-refractivity contribution < 1.29 is 14.3 Å². The number of rotatable bonds is 6. The third-order valence-corrected chi connectivity index (χ3v) is 5.50. The number of amides is 1. The van der Waals surface area contributed by atoms with Crippen LogP contribution in [-0.2, 0) is 10.2 Å². The number of ether oxygens (including phenoxy) is 1. The second-order valence-electron chi connectivity index (χ2n) is 8.64. The largest absolute Gasteiger partial charge is 0.497 e. The predicted octanol–water partition coefficient (Wildman–Crippen LogP) is 4.40. The number of aryl methyl sites for hydroxylation is 1. The summed E-state index contributed by atoms with van der Waals surface area (Å²) in [6.45, 7) is 8.47. The maximum atomic E-state index is 12.5. The molecule has 1 saturated carbocycles. The number of methoxy groups -OCH3 is 1. The highest BCUT2D eigenvalue weighted by Crippen LogP contribution is 2.47. The van der Waals surface area contributed by atoms with Crippen LogP contribution in [-0.4, -0.2) is 25.3 Å². The van der Waals surface area contributed by atoms with Gasteiger partial charge in [-0.2, -0.15) is 0 Å². The summed E-state index contributed by atoms with van der Waals surface area (Å²) in [5.41, 5.74) is 4.07. The summed E-state index contributed by atoms with van der Waals surface area (Å²) in [6, 6.07) is 14.0. The molecule has 2 unspecified atom stereocenters. The maximum absolute atomic E-state index is 12.5. The molecular formula is C24H29NO3. The van der Waals surface area contributed by atoms with Gasteiger partial charge in [0.25, 0.3) is 0 Å². The number of benzene rings is 2. The van der Waals surface area contributed by atoms with Gasteiger partial charge in [0.2, 0.25) is 5.91 Å². The minimum atomic E-state index is -0.100. The van der Waals surface area contributed by atoms with Gasteiger partial charge in [-0.1, -0.05) is 51.1 Å². The molecule has 1 aliphatic carbocycles. The van der Waals surface area contributed by atoms with E-state index in [1.807, 2.05) is 19.1 Å². The molecule has 0 bridgehead atoms. The van der Waals surface area contributed by atoms with Gasteiger partial charge in [-0.3, -0.25) is 9.59 Å². The molecule has 0 saturated heterocycles. The number of carbonyl (C=O) groups is 2. The maximum Gasteiger partial charge on any atom is 0.224 e. The lowest BCUT2D eigenvalue weighted by molar-refractivity contribution is -0.122. The van der Waals surface area contributed by atoms with Crippen LogP contribution in [0.25, 0.3) is 0 Å².